The molecular weight excluding hydrogens is 580 g/mol. The predicted octanol–water partition coefficient (Wildman–Crippen LogP) is 6.42. The number of carbonyl (C=O) groups excluding carboxylic acids is 1. The number of rotatable bonds is 10. The highest BCUT2D eigenvalue weighted by atomic mass is 32.2. The molecule has 1 amide bonds. The smallest absolute Gasteiger partial charge is 0.243 e. The first-order valence-corrected chi connectivity index (χ1v) is 16.3. The topological polar surface area (TPSA) is 78.5 Å². The minimum Gasteiger partial charge on any atom is -0.326 e. The van der Waals surface area contributed by atoms with Gasteiger partial charge in [0.1, 0.15) is 11.6 Å². The Hall–Kier alpha value is -3.92. The van der Waals surface area contributed by atoms with E-state index in [4.69, 9.17) is 0 Å². The molecule has 44 heavy (non-hydrogen) atoms. The van der Waals surface area contributed by atoms with E-state index in [2.05, 4.69) is 10.6 Å². The van der Waals surface area contributed by atoms with Crippen LogP contribution in [0.4, 0.5) is 14.5 Å². The van der Waals surface area contributed by atoms with Crippen LogP contribution in [0.15, 0.2) is 102 Å². The van der Waals surface area contributed by atoms with Crippen molar-refractivity contribution in [3.8, 4) is 0 Å². The second-order valence-corrected chi connectivity index (χ2v) is 13.2. The van der Waals surface area contributed by atoms with E-state index in [1.165, 1.54) is 28.6 Å². The lowest BCUT2D eigenvalue weighted by atomic mass is 9.87. The van der Waals surface area contributed by atoms with E-state index >= 15 is 4.39 Å². The highest BCUT2D eigenvalue weighted by Gasteiger charge is 2.37. The van der Waals surface area contributed by atoms with Gasteiger partial charge in [-0.3, -0.25) is 4.79 Å². The second-order valence-electron chi connectivity index (χ2n) is 11.4. The van der Waals surface area contributed by atoms with E-state index in [-0.39, 0.29) is 35.5 Å². The summed E-state index contributed by atoms with van der Waals surface area (Å²) in [6.45, 7) is 4.76. The molecule has 0 aliphatic carbocycles. The number of nitrogens with zero attached hydrogens (tertiary/aromatic N) is 1. The molecule has 3 atom stereocenters. The highest BCUT2D eigenvalue weighted by molar-refractivity contribution is 7.89. The van der Waals surface area contributed by atoms with E-state index in [9.17, 15) is 17.6 Å². The Morgan fingerprint density at radius 2 is 1.64 bits per heavy atom. The van der Waals surface area contributed by atoms with Crippen LogP contribution in [-0.2, 0) is 21.2 Å². The van der Waals surface area contributed by atoms with Crippen molar-refractivity contribution in [3.05, 3.63) is 131 Å². The van der Waals surface area contributed by atoms with Gasteiger partial charge >= 0.3 is 0 Å². The lowest BCUT2D eigenvalue weighted by Gasteiger charge is -2.40. The normalized spacial score (nSPS) is 18.1. The van der Waals surface area contributed by atoms with Crippen LogP contribution in [0.1, 0.15) is 47.9 Å². The molecule has 1 heterocycles. The van der Waals surface area contributed by atoms with Crippen LogP contribution in [0.25, 0.3) is 0 Å². The number of sulfonamides is 1. The van der Waals surface area contributed by atoms with E-state index < -0.39 is 27.8 Å². The number of hydrogen-bond acceptors (Lipinski definition) is 4. The lowest BCUT2D eigenvalue weighted by molar-refractivity contribution is -0.116. The van der Waals surface area contributed by atoms with Crippen molar-refractivity contribution in [1.82, 2.24) is 9.62 Å². The van der Waals surface area contributed by atoms with E-state index in [0.717, 1.165) is 11.1 Å². The molecule has 1 fully saturated rings. The van der Waals surface area contributed by atoms with Gasteiger partial charge in [-0.05, 0) is 74.2 Å². The fraction of sp³-hybridized carbons (Fsp3) is 0.286. The lowest BCUT2D eigenvalue weighted by Crippen LogP contribution is -2.58. The molecule has 1 aliphatic rings. The van der Waals surface area contributed by atoms with Crippen LogP contribution in [0.2, 0.25) is 0 Å². The Kier molecular flexibility index (Phi) is 9.88. The first-order valence-electron chi connectivity index (χ1n) is 14.8. The number of carbonyl (C=O) groups is 1. The zero-order valence-corrected chi connectivity index (χ0v) is 25.7. The molecular formula is C35H37F2N3O3S. The second kappa shape index (κ2) is 13.8. The Morgan fingerprint density at radius 3 is 2.36 bits per heavy atom. The number of halogens is 2. The molecule has 9 heteroatoms. The van der Waals surface area contributed by atoms with Gasteiger partial charge in [0.15, 0.2) is 0 Å². The van der Waals surface area contributed by atoms with Gasteiger partial charge < -0.3 is 10.6 Å². The summed E-state index contributed by atoms with van der Waals surface area (Å²) in [7, 11) is -3.77. The number of anilines is 1. The molecule has 230 valence electrons. The maximum atomic E-state index is 15.3. The summed E-state index contributed by atoms with van der Waals surface area (Å²) in [4.78, 5) is 13.7. The van der Waals surface area contributed by atoms with E-state index in [0.29, 0.717) is 36.3 Å². The fourth-order valence-electron chi connectivity index (χ4n) is 6.04. The highest BCUT2D eigenvalue weighted by Crippen LogP contribution is 2.31. The number of hydrogen-bond donors (Lipinski definition) is 2. The van der Waals surface area contributed by atoms with Gasteiger partial charge in [-0.1, -0.05) is 66.2 Å². The van der Waals surface area contributed by atoms with Gasteiger partial charge in [0.05, 0.1) is 4.90 Å². The Balaban J connectivity index is 1.36. The molecule has 3 unspecified atom stereocenters. The first kappa shape index (κ1) is 31.5. The van der Waals surface area contributed by atoms with Crippen LogP contribution in [0, 0.1) is 18.6 Å². The van der Waals surface area contributed by atoms with E-state index in [1.807, 2.05) is 38.1 Å². The summed E-state index contributed by atoms with van der Waals surface area (Å²) in [5, 5.41) is 6.19. The molecule has 0 spiro atoms. The standard InChI is InChI=1S/C35H37F2N3O3S/c1-24-9-6-10-26(19-24)32(27-11-7-12-28(36)20-27)21-35(41)39-34-16-8-15-33(37)31(34)18-17-29-23-38-22-25(2)40(29)44(42,43)30-13-4-3-5-14-30/h3-16,19-20,25,29,32,38H,17-18,21-23H2,1-2H3,(H,39,41). The maximum absolute atomic E-state index is 15.3. The van der Waals surface area contributed by atoms with Crippen LogP contribution in [0.5, 0.6) is 0 Å². The summed E-state index contributed by atoms with van der Waals surface area (Å²) < 4.78 is 58.2. The molecule has 0 saturated carbocycles. The zero-order chi connectivity index (χ0) is 31.3. The van der Waals surface area contributed by atoms with Gasteiger partial charge in [-0.2, -0.15) is 4.31 Å². The monoisotopic (exact) mass is 617 g/mol. The Labute approximate surface area is 258 Å². The molecule has 1 saturated heterocycles. The average Bonchev–Trinajstić information content (AvgIpc) is 3.00. The van der Waals surface area contributed by atoms with Crippen molar-refractivity contribution >= 4 is 21.6 Å². The maximum Gasteiger partial charge on any atom is 0.243 e. The molecule has 6 nitrogen and oxygen atoms in total. The van der Waals surface area contributed by atoms with Crippen LogP contribution >= 0.6 is 0 Å². The number of nitrogens with one attached hydrogen (secondary N) is 2. The predicted molar refractivity (Wildman–Crippen MR) is 169 cm³/mol. The molecule has 5 rings (SSSR count). The van der Waals surface area contributed by atoms with Crippen molar-refractivity contribution in [2.24, 2.45) is 0 Å². The quantitative estimate of drug-likeness (QED) is 0.215. The van der Waals surface area contributed by atoms with Gasteiger partial charge in [-0.15, -0.1) is 0 Å². The van der Waals surface area contributed by atoms with Crippen molar-refractivity contribution in [2.45, 2.75) is 56.0 Å². The van der Waals surface area contributed by atoms with Crippen molar-refractivity contribution in [3.63, 3.8) is 0 Å². The average molecular weight is 618 g/mol. The largest absolute Gasteiger partial charge is 0.326 e. The third-order valence-corrected chi connectivity index (χ3v) is 10.2. The zero-order valence-electron chi connectivity index (χ0n) is 24.8. The van der Waals surface area contributed by atoms with Crippen molar-refractivity contribution in [2.75, 3.05) is 18.4 Å². The minimum absolute atomic E-state index is 0.0238. The van der Waals surface area contributed by atoms with Crippen LogP contribution in [0.3, 0.4) is 0 Å². The number of amides is 1. The van der Waals surface area contributed by atoms with Crippen LogP contribution in [-0.4, -0.2) is 43.8 Å². The van der Waals surface area contributed by atoms with Gasteiger partial charge in [-0.25, -0.2) is 17.2 Å². The third-order valence-electron chi connectivity index (χ3n) is 8.14. The number of benzene rings is 4. The summed E-state index contributed by atoms with van der Waals surface area (Å²) in [5.41, 5.74) is 3.22. The summed E-state index contributed by atoms with van der Waals surface area (Å²) in [5.74, 6) is -1.61. The summed E-state index contributed by atoms with van der Waals surface area (Å²) in [6.07, 6.45) is 0.589. The molecule has 4 aromatic rings. The Morgan fingerprint density at radius 1 is 0.932 bits per heavy atom. The molecule has 1 aliphatic heterocycles. The van der Waals surface area contributed by atoms with Gasteiger partial charge in [0.2, 0.25) is 15.9 Å². The number of piperazine rings is 1. The minimum atomic E-state index is -3.77. The Bertz CT molecular complexity index is 1670. The number of aryl methyl sites for hydroxylation is 1. The molecule has 0 bridgehead atoms. The van der Waals surface area contributed by atoms with Gasteiger partial charge in [0, 0.05) is 48.8 Å². The van der Waals surface area contributed by atoms with Crippen LogP contribution < -0.4 is 10.6 Å². The molecule has 0 aromatic heterocycles. The third kappa shape index (κ3) is 7.23. The van der Waals surface area contributed by atoms with Crippen molar-refractivity contribution < 1.29 is 22.0 Å². The van der Waals surface area contributed by atoms with E-state index in [1.54, 1.807) is 48.5 Å². The van der Waals surface area contributed by atoms with Crippen molar-refractivity contribution in [1.29, 1.82) is 0 Å². The SMILES string of the molecule is Cc1cccc(C(CC(=O)Nc2cccc(F)c2CCC2CNCC(C)N2S(=O)(=O)c2ccccc2)c2cccc(F)c2)c1. The summed E-state index contributed by atoms with van der Waals surface area (Å²) >= 11 is 0. The molecule has 2 N–H and O–H groups in total. The fourth-order valence-corrected chi connectivity index (χ4v) is 7.91. The first-order chi connectivity index (χ1) is 21.1. The summed E-state index contributed by atoms with van der Waals surface area (Å²) in [6, 6.07) is 26.1. The van der Waals surface area contributed by atoms with Gasteiger partial charge in [0.25, 0.3) is 0 Å². The molecule has 4 aromatic carbocycles. The molecule has 0 radical (unpaired) electrons.